The van der Waals surface area contributed by atoms with Crippen molar-refractivity contribution >= 4 is 0 Å². The average molecular weight is 222 g/mol. The van der Waals surface area contributed by atoms with Crippen LogP contribution in [0.25, 0.3) is 0 Å². The van der Waals surface area contributed by atoms with Gasteiger partial charge in [-0.25, -0.2) is 0 Å². The van der Waals surface area contributed by atoms with Crippen LogP contribution in [-0.2, 0) is 6.54 Å². The van der Waals surface area contributed by atoms with Crippen LogP contribution in [0.3, 0.4) is 0 Å². The standard InChI is InChI=1S/C12H22N4/c1-2-5-13-6-7-14-9-11-8-12(16-15-11)10-3-4-10/h8,10,13-14H,2-7,9H2,1H3,(H,15,16). The van der Waals surface area contributed by atoms with Gasteiger partial charge in [0.05, 0.1) is 5.69 Å². The van der Waals surface area contributed by atoms with E-state index in [1.165, 1.54) is 30.7 Å². The van der Waals surface area contributed by atoms with Crippen molar-refractivity contribution in [1.82, 2.24) is 20.8 Å². The summed E-state index contributed by atoms with van der Waals surface area (Å²) in [5, 5.41) is 14.2. The third kappa shape index (κ3) is 3.61. The van der Waals surface area contributed by atoms with Crippen LogP contribution in [-0.4, -0.2) is 29.8 Å². The fourth-order valence-electron chi connectivity index (χ4n) is 1.76. The van der Waals surface area contributed by atoms with Gasteiger partial charge in [-0.2, -0.15) is 5.10 Å². The molecule has 1 aliphatic rings. The van der Waals surface area contributed by atoms with Crippen molar-refractivity contribution in [2.24, 2.45) is 0 Å². The first kappa shape index (κ1) is 11.6. The summed E-state index contributed by atoms with van der Waals surface area (Å²) in [5.41, 5.74) is 2.46. The molecule has 0 unspecified atom stereocenters. The van der Waals surface area contributed by atoms with Gasteiger partial charge in [0.2, 0.25) is 0 Å². The second-order valence-electron chi connectivity index (χ2n) is 4.52. The van der Waals surface area contributed by atoms with Crippen LogP contribution in [0.4, 0.5) is 0 Å². The first-order chi connectivity index (χ1) is 7.90. The van der Waals surface area contributed by atoms with E-state index in [0.29, 0.717) is 0 Å². The Labute approximate surface area is 97.2 Å². The molecule has 0 aromatic carbocycles. The minimum Gasteiger partial charge on any atom is -0.315 e. The maximum Gasteiger partial charge on any atom is 0.0656 e. The van der Waals surface area contributed by atoms with E-state index >= 15 is 0 Å². The lowest BCUT2D eigenvalue weighted by atomic mass is 10.2. The molecular weight excluding hydrogens is 200 g/mol. The predicted octanol–water partition coefficient (Wildman–Crippen LogP) is 1.38. The van der Waals surface area contributed by atoms with Gasteiger partial charge >= 0.3 is 0 Å². The summed E-state index contributed by atoms with van der Waals surface area (Å²) in [4.78, 5) is 0. The van der Waals surface area contributed by atoms with Gasteiger partial charge in [-0.3, -0.25) is 5.10 Å². The summed E-state index contributed by atoms with van der Waals surface area (Å²) in [6, 6.07) is 2.20. The third-order valence-corrected chi connectivity index (χ3v) is 2.87. The lowest BCUT2D eigenvalue weighted by Gasteiger charge is -2.03. The highest BCUT2D eigenvalue weighted by molar-refractivity contribution is 5.17. The molecular formula is C12H22N4. The maximum absolute atomic E-state index is 4.33. The molecule has 1 fully saturated rings. The summed E-state index contributed by atoms with van der Waals surface area (Å²) >= 11 is 0. The first-order valence-electron chi connectivity index (χ1n) is 6.35. The molecule has 0 atom stereocenters. The molecule has 1 aliphatic carbocycles. The molecule has 0 spiro atoms. The lowest BCUT2D eigenvalue weighted by Crippen LogP contribution is -2.27. The summed E-state index contributed by atoms with van der Waals surface area (Å²) in [6.07, 6.45) is 3.84. The highest BCUT2D eigenvalue weighted by Crippen LogP contribution is 2.38. The first-order valence-corrected chi connectivity index (χ1v) is 6.35. The van der Waals surface area contributed by atoms with Crippen LogP contribution in [0.15, 0.2) is 6.07 Å². The van der Waals surface area contributed by atoms with E-state index in [9.17, 15) is 0 Å². The number of rotatable bonds is 8. The highest BCUT2D eigenvalue weighted by Gasteiger charge is 2.25. The number of H-pyrrole nitrogens is 1. The van der Waals surface area contributed by atoms with Crippen LogP contribution in [0.5, 0.6) is 0 Å². The molecule has 0 amide bonds. The molecule has 4 heteroatoms. The van der Waals surface area contributed by atoms with E-state index < -0.39 is 0 Å². The topological polar surface area (TPSA) is 52.7 Å². The Hall–Kier alpha value is -0.870. The molecule has 0 radical (unpaired) electrons. The van der Waals surface area contributed by atoms with Crippen LogP contribution >= 0.6 is 0 Å². The molecule has 90 valence electrons. The van der Waals surface area contributed by atoms with E-state index in [-0.39, 0.29) is 0 Å². The number of nitrogens with one attached hydrogen (secondary N) is 3. The van der Waals surface area contributed by atoms with E-state index in [0.717, 1.165) is 32.1 Å². The van der Waals surface area contributed by atoms with Gasteiger partial charge in [-0.1, -0.05) is 6.92 Å². The van der Waals surface area contributed by atoms with Gasteiger partial charge in [0.1, 0.15) is 0 Å². The van der Waals surface area contributed by atoms with Gasteiger partial charge < -0.3 is 10.6 Å². The van der Waals surface area contributed by atoms with Gasteiger partial charge in [0, 0.05) is 31.2 Å². The molecule has 1 aromatic rings. The molecule has 4 nitrogen and oxygen atoms in total. The largest absolute Gasteiger partial charge is 0.315 e. The summed E-state index contributed by atoms with van der Waals surface area (Å²) in [7, 11) is 0. The van der Waals surface area contributed by atoms with Crippen molar-refractivity contribution in [2.45, 2.75) is 38.6 Å². The van der Waals surface area contributed by atoms with Gasteiger partial charge in [0.25, 0.3) is 0 Å². The molecule has 2 rings (SSSR count). The molecule has 16 heavy (non-hydrogen) atoms. The van der Waals surface area contributed by atoms with Crippen molar-refractivity contribution in [2.75, 3.05) is 19.6 Å². The molecule has 0 bridgehead atoms. The molecule has 0 aliphatic heterocycles. The Bertz CT molecular complexity index is 304. The third-order valence-electron chi connectivity index (χ3n) is 2.87. The fraction of sp³-hybridized carbons (Fsp3) is 0.750. The van der Waals surface area contributed by atoms with Gasteiger partial charge in [-0.05, 0) is 31.9 Å². The quantitative estimate of drug-likeness (QED) is 0.582. The van der Waals surface area contributed by atoms with E-state index in [2.05, 4.69) is 33.8 Å². The van der Waals surface area contributed by atoms with Gasteiger partial charge in [0.15, 0.2) is 0 Å². The Kier molecular flexibility index (Phi) is 4.36. The van der Waals surface area contributed by atoms with Crippen LogP contribution < -0.4 is 10.6 Å². The minimum absolute atomic E-state index is 0.747. The van der Waals surface area contributed by atoms with E-state index in [1.54, 1.807) is 0 Å². The Morgan fingerprint density at radius 2 is 2.12 bits per heavy atom. The molecule has 1 saturated carbocycles. The average Bonchev–Trinajstić information content (AvgIpc) is 3.04. The fourth-order valence-corrected chi connectivity index (χ4v) is 1.76. The predicted molar refractivity (Wildman–Crippen MR) is 65.4 cm³/mol. The summed E-state index contributed by atoms with van der Waals surface area (Å²) in [6.45, 7) is 6.24. The SMILES string of the molecule is CCCNCCNCc1cc(C2CC2)n[nH]1. The number of hydrogen-bond acceptors (Lipinski definition) is 3. The Morgan fingerprint density at radius 1 is 1.31 bits per heavy atom. The number of aromatic nitrogens is 2. The summed E-state index contributed by atoms with van der Waals surface area (Å²) in [5.74, 6) is 0.747. The normalized spacial score (nSPS) is 15.6. The zero-order chi connectivity index (χ0) is 11.2. The number of aromatic amines is 1. The molecule has 0 saturated heterocycles. The second-order valence-corrected chi connectivity index (χ2v) is 4.52. The highest BCUT2D eigenvalue weighted by atomic mass is 15.1. The number of hydrogen-bond donors (Lipinski definition) is 3. The lowest BCUT2D eigenvalue weighted by molar-refractivity contribution is 0.601. The van der Waals surface area contributed by atoms with Crippen molar-refractivity contribution in [1.29, 1.82) is 0 Å². The minimum atomic E-state index is 0.747. The van der Waals surface area contributed by atoms with Crippen molar-refractivity contribution < 1.29 is 0 Å². The van der Waals surface area contributed by atoms with Crippen molar-refractivity contribution in [3.8, 4) is 0 Å². The van der Waals surface area contributed by atoms with Crippen LogP contribution in [0, 0.1) is 0 Å². The van der Waals surface area contributed by atoms with E-state index in [4.69, 9.17) is 0 Å². The van der Waals surface area contributed by atoms with Crippen molar-refractivity contribution in [3.05, 3.63) is 17.5 Å². The Morgan fingerprint density at radius 3 is 2.88 bits per heavy atom. The smallest absolute Gasteiger partial charge is 0.0656 e. The van der Waals surface area contributed by atoms with Gasteiger partial charge in [-0.15, -0.1) is 0 Å². The molecule has 3 N–H and O–H groups in total. The Balaban J connectivity index is 1.57. The van der Waals surface area contributed by atoms with Crippen LogP contribution in [0.1, 0.15) is 43.5 Å². The number of nitrogens with zero attached hydrogens (tertiary/aromatic N) is 1. The molecule has 1 heterocycles. The zero-order valence-electron chi connectivity index (χ0n) is 10.1. The monoisotopic (exact) mass is 222 g/mol. The summed E-state index contributed by atoms with van der Waals surface area (Å²) < 4.78 is 0. The van der Waals surface area contributed by atoms with E-state index in [1.807, 2.05) is 0 Å². The zero-order valence-corrected chi connectivity index (χ0v) is 10.1. The van der Waals surface area contributed by atoms with Crippen molar-refractivity contribution in [3.63, 3.8) is 0 Å². The molecule has 1 aromatic heterocycles. The second kappa shape index (κ2) is 6.01. The van der Waals surface area contributed by atoms with Crippen LogP contribution in [0.2, 0.25) is 0 Å². The maximum atomic E-state index is 4.33.